The summed E-state index contributed by atoms with van der Waals surface area (Å²) in [5, 5.41) is 0. The second-order valence-corrected chi connectivity index (χ2v) is 4.24. The summed E-state index contributed by atoms with van der Waals surface area (Å²) in [6.45, 7) is 0. The molecule has 0 amide bonds. The van der Waals surface area contributed by atoms with E-state index in [1.165, 1.54) is 16.7 Å². The summed E-state index contributed by atoms with van der Waals surface area (Å²) in [6, 6.07) is 16.7. The first-order valence-electron chi connectivity index (χ1n) is 5.72. The zero-order chi connectivity index (χ0) is 11.7. The van der Waals surface area contributed by atoms with Crippen LogP contribution in [0.5, 0.6) is 0 Å². The van der Waals surface area contributed by atoms with Crippen molar-refractivity contribution in [1.82, 2.24) is 0 Å². The summed E-state index contributed by atoms with van der Waals surface area (Å²) in [5.41, 5.74) is 4.88. The maximum Gasteiger partial charge on any atom is 0.0279 e. The molecule has 80 valence electrons. The largest absolute Gasteiger partial charge is 0.115 e. The third-order valence-corrected chi connectivity index (χ3v) is 3.21. The minimum Gasteiger partial charge on any atom is -0.115 e. The zero-order valence-electron chi connectivity index (χ0n) is 9.43. The minimum absolute atomic E-state index is 0.347. The minimum atomic E-state index is 0.347. The summed E-state index contributed by atoms with van der Waals surface area (Å²) in [5.74, 6) is 3.04. The molecule has 0 aliphatic heterocycles. The van der Waals surface area contributed by atoms with E-state index in [4.69, 9.17) is 6.42 Å². The van der Waals surface area contributed by atoms with Gasteiger partial charge in [-0.25, -0.2) is 0 Å². The molecule has 1 aliphatic carbocycles. The Bertz CT molecular complexity index is 626. The lowest BCUT2D eigenvalue weighted by Gasteiger charge is -2.11. The Morgan fingerprint density at radius 2 is 1.88 bits per heavy atom. The Labute approximate surface area is 102 Å². The van der Waals surface area contributed by atoms with Crippen LogP contribution in [0.2, 0.25) is 0 Å². The van der Waals surface area contributed by atoms with Crippen molar-refractivity contribution in [2.24, 2.45) is 0 Å². The molecule has 2 aromatic carbocycles. The van der Waals surface area contributed by atoms with Gasteiger partial charge < -0.3 is 0 Å². The van der Waals surface area contributed by atoms with E-state index in [0.29, 0.717) is 5.92 Å². The summed E-state index contributed by atoms with van der Waals surface area (Å²) < 4.78 is 0. The predicted octanol–water partition coefficient (Wildman–Crippen LogP) is 3.83. The lowest BCUT2D eigenvalue weighted by molar-refractivity contribution is 1.05. The van der Waals surface area contributed by atoms with Gasteiger partial charge in [-0.3, -0.25) is 0 Å². The summed E-state index contributed by atoms with van der Waals surface area (Å²) in [4.78, 5) is 0. The van der Waals surface area contributed by atoms with Crippen molar-refractivity contribution < 1.29 is 0 Å². The molecule has 0 bridgehead atoms. The fraction of sp³-hybridized carbons (Fsp3) is 0.0588. The van der Waals surface area contributed by atoms with Gasteiger partial charge in [-0.1, -0.05) is 54.5 Å². The number of terminal acetylenes is 1. The molecule has 17 heavy (non-hydrogen) atoms. The van der Waals surface area contributed by atoms with Gasteiger partial charge in [-0.15, -0.1) is 6.42 Å². The average Bonchev–Trinajstić information content (AvgIpc) is 2.82. The number of hydrogen-bond acceptors (Lipinski definition) is 0. The van der Waals surface area contributed by atoms with Crippen LogP contribution in [-0.4, -0.2) is 0 Å². The van der Waals surface area contributed by atoms with E-state index in [2.05, 4.69) is 54.5 Å². The van der Waals surface area contributed by atoms with E-state index in [1.807, 2.05) is 12.1 Å². The van der Waals surface area contributed by atoms with Crippen LogP contribution < -0.4 is 0 Å². The molecule has 1 aliphatic rings. The fourth-order valence-electron chi connectivity index (χ4n) is 2.36. The number of allylic oxidation sites excluding steroid dienone is 1. The van der Waals surface area contributed by atoms with Gasteiger partial charge in [0.1, 0.15) is 0 Å². The van der Waals surface area contributed by atoms with Gasteiger partial charge in [-0.05, 0) is 28.8 Å². The number of benzene rings is 2. The van der Waals surface area contributed by atoms with Crippen molar-refractivity contribution in [2.75, 3.05) is 0 Å². The monoisotopic (exact) mass is 216 g/mol. The molecule has 3 rings (SSSR count). The lowest BCUT2D eigenvalue weighted by Crippen LogP contribution is -1.95. The Morgan fingerprint density at radius 1 is 1.00 bits per heavy atom. The summed E-state index contributed by atoms with van der Waals surface area (Å²) >= 11 is 0. The standard InChI is InChI=1S/C17H12/c1-2-13-6-5-8-15(12-13)17-11-10-14-7-3-4-9-16(14)17/h1,3-12,17H. The quantitative estimate of drug-likeness (QED) is 0.635. The van der Waals surface area contributed by atoms with Gasteiger partial charge >= 0.3 is 0 Å². The van der Waals surface area contributed by atoms with Crippen molar-refractivity contribution in [2.45, 2.75) is 5.92 Å². The first kappa shape index (κ1) is 9.93. The molecular weight excluding hydrogens is 204 g/mol. The maximum atomic E-state index is 5.44. The molecule has 0 spiro atoms. The van der Waals surface area contributed by atoms with Gasteiger partial charge in [0.2, 0.25) is 0 Å². The molecule has 0 heteroatoms. The topological polar surface area (TPSA) is 0 Å². The fourth-order valence-corrected chi connectivity index (χ4v) is 2.36. The molecule has 0 radical (unpaired) electrons. The Morgan fingerprint density at radius 3 is 2.76 bits per heavy atom. The number of fused-ring (bicyclic) bond motifs is 1. The molecule has 0 saturated carbocycles. The van der Waals surface area contributed by atoms with E-state index in [-0.39, 0.29) is 0 Å². The molecule has 0 saturated heterocycles. The van der Waals surface area contributed by atoms with Crippen LogP contribution in [0, 0.1) is 12.3 Å². The van der Waals surface area contributed by atoms with Crippen LogP contribution >= 0.6 is 0 Å². The van der Waals surface area contributed by atoms with Crippen molar-refractivity contribution in [3.63, 3.8) is 0 Å². The third kappa shape index (κ3) is 1.66. The first-order chi connectivity index (χ1) is 8.38. The van der Waals surface area contributed by atoms with E-state index >= 15 is 0 Å². The zero-order valence-corrected chi connectivity index (χ0v) is 9.43. The maximum absolute atomic E-state index is 5.44. The molecule has 0 nitrogen and oxygen atoms in total. The predicted molar refractivity (Wildman–Crippen MR) is 71.7 cm³/mol. The van der Waals surface area contributed by atoms with E-state index in [1.54, 1.807) is 0 Å². The molecule has 0 aromatic heterocycles. The van der Waals surface area contributed by atoms with Crippen LogP contribution in [0.4, 0.5) is 0 Å². The van der Waals surface area contributed by atoms with Crippen molar-refractivity contribution >= 4 is 6.08 Å². The van der Waals surface area contributed by atoms with Crippen molar-refractivity contribution in [1.29, 1.82) is 0 Å². The van der Waals surface area contributed by atoms with E-state index in [9.17, 15) is 0 Å². The summed E-state index contributed by atoms with van der Waals surface area (Å²) in [7, 11) is 0. The molecule has 0 N–H and O–H groups in total. The molecular formula is C17H12. The first-order valence-corrected chi connectivity index (χ1v) is 5.72. The highest BCUT2D eigenvalue weighted by molar-refractivity contribution is 5.65. The second kappa shape index (κ2) is 3.96. The van der Waals surface area contributed by atoms with Gasteiger partial charge in [0.15, 0.2) is 0 Å². The normalized spacial score (nSPS) is 16.5. The Hall–Kier alpha value is -2.26. The molecule has 0 fully saturated rings. The third-order valence-electron chi connectivity index (χ3n) is 3.21. The highest BCUT2D eigenvalue weighted by Gasteiger charge is 2.18. The average molecular weight is 216 g/mol. The molecule has 0 heterocycles. The lowest BCUT2D eigenvalue weighted by atomic mass is 9.92. The van der Waals surface area contributed by atoms with Gasteiger partial charge in [0.05, 0.1) is 0 Å². The van der Waals surface area contributed by atoms with Crippen LogP contribution in [0.15, 0.2) is 54.6 Å². The summed E-state index contributed by atoms with van der Waals surface area (Å²) in [6.07, 6.45) is 9.86. The molecule has 2 aromatic rings. The van der Waals surface area contributed by atoms with Gasteiger partial charge in [0.25, 0.3) is 0 Å². The smallest absolute Gasteiger partial charge is 0.0279 e. The highest BCUT2D eigenvalue weighted by atomic mass is 14.2. The van der Waals surface area contributed by atoms with E-state index < -0.39 is 0 Å². The van der Waals surface area contributed by atoms with Crippen molar-refractivity contribution in [3.8, 4) is 12.3 Å². The molecule has 1 atom stereocenters. The second-order valence-electron chi connectivity index (χ2n) is 4.24. The SMILES string of the molecule is C#Cc1cccc(C2C=Cc3ccccc32)c1. The van der Waals surface area contributed by atoms with Crippen LogP contribution in [-0.2, 0) is 0 Å². The number of rotatable bonds is 1. The van der Waals surface area contributed by atoms with Crippen LogP contribution in [0.1, 0.15) is 28.2 Å². The van der Waals surface area contributed by atoms with Gasteiger partial charge in [-0.2, -0.15) is 0 Å². The van der Waals surface area contributed by atoms with E-state index in [0.717, 1.165) is 5.56 Å². The van der Waals surface area contributed by atoms with Gasteiger partial charge in [0, 0.05) is 11.5 Å². The number of hydrogen-bond donors (Lipinski definition) is 0. The molecule has 1 unspecified atom stereocenters. The Balaban J connectivity index is 2.08. The van der Waals surface area contributed by atoms with Crippen molar-refractivity contribution in [3.05, 3.63) is 76.9 Å². The Kier molecular flexibility index (Phi) is 2.31. The van der Waals surface area contributed by atoms with Crippen LogP contribution in [0.25, 0.3) is 6.08 Å². The van der Waals surface area contributed by atoms with Crippen LogP contribution in [0.3, 0.4) is 0 Å². The highest BCUT2D eigenvalue weighted by Crippen LogP contribution is 2.35.